The van der Waals surface area contributed by atoms with Crippen LogP contribution in [0.25, 0.3) is 0 Å². The third kappa shape index (κ3) is 3.86. The number of benzene rings is 1. The van der Waals surface area contributed by atoms with Crippen LogP contribution in [-0.2, 0) is 4.79 Å². The van der Waals surface area contributed by atoms with E-state index in [1.165, 1.54) is 18.2 Å². The van der Waals surface area contributed by atoms with E-state index in [2.05, 4.69) is 0 Å². The predicted octanol–water partition coefficient (Wildman–Crippen LogP) is 1.25. The summed E-state index contributed by atoms with van der Waals surface area (Å²) in [5, 5.41) is 8.72. The Bertz CT molecular complexity index is 357. The Kier molecular flexibility index (Phi) is 4.72. The molecule has 0 saturated heterocycles. The highest BCUT2D eigenvalue weighted by Crippen LogP contribution is 2.13. The van der Waals surface area contributed by atoms with Crippen LogP contribution in [0.15, 0.2) is 24.3 Å². The number of nitrogens with two attached hydrogens (primary N) is 1. The number of ether oxygens (including phenoxy) is 1. The average molecular weight is 227 g/mol. The van der Waals surface area contributed by atoms with Crippen LogP contribution in [-0.4, -0.2) is 24.2 Å². The number of hydrogen-bond donors (Lipinski definition) is 2. The molecule has 0 bridgehead atoms. The number of rotatable bonds is 6. The molecule has 4 nitrogen and oxygen atoms in total. The Morgan fingerprint density at radius 2 is 2.31 bits per heavy atom. The van der Waals surface area contributed by atoms with E-state index in [0.717, 1.165) is 0 Å². The van der Waals surface area contributed by atoms with Gasteiger partial charge in [0.2, 0.25) is 0 Å². The summed E-state index contributed by atoms with van der Waals surface area (Å²) in [6.07, 6.45) is 0.308. The number of carboxylic acid groups (broad SMARTS) is 1. The highest BCUT2D eigenvalue weighted by Gasteiger charge is 2.14. The van der Waals surface area contributed by atoms with E-state index in [1.54, 1.807) is 6.07 Å². The third-order valence-electron chi connectivity index (χ3n) is 2.16. The molecule has 1 rings (SSSR count). The largest absolute Gasteiger partial charge is 0.493 e. The lowest BCUT2D eigenvalue weighted by molar-refractivity contribution is -0.141. The number of carboxylic acids is 1. The van der Waals surface area contributed by atoms with Gasteiger partial charge in [0.1, 0.15) is 11.6 Å². The summed E-state index contributed by atoms with van der Waals surface area (Å²) in [5.74, 6) is -1.55. The third-order valence-corrected chi connectivity index (χ3v) is 2.16. The molecule has 0 saturated carbocycles. The van der Waals surface area contributed by atoms with Gasteiger partial charge in [0.05, 0.1) is 12.5 Å². The second-order valence-electron chi connectivity index (χ2n) is 3.37. The highest BCUT2D eigenvalue weighted by atomic mass is 19.1. The maximum Gasteiger partial charge on any atom is 0.307 e. The zero-order chi connectivity index (χ0) is 12.0. The molecule has 0 spiro atoms. The van der Waals surface area contributed by atoms with Gasteiger partial charge in [-0.05, 0) is 18.6 Å². The lowest BCUT2D eigenvalue weighted by Gasteiger charge is -2.10. The molecule has 1 unspecified atom stereocenters. The minimum atomic E-state index is -0.939. The van der Waals surface area contributed by atoms with Gasteiger partial charge in [-0.2, -0.15) is 0 Å². The SMILES string of the molecule is NCC(CCOc1cccc(F)c1)C(=O)O. The van der Waals surface area contributed by atoms with Crippen molar-refractivity contribution in [1.82, 2.24) is 0 Å². The standard InChI is InChI=1S/C11H14FNO3/c12-9-2-1-3-10(6-9)16-5-4-8(7-13)11(14)15/h1-3,6,8H,4-5,7,13H2,(H,14,15). The van der Waals surface area contributed by atoms with Gasteiger partial charge in [0, 0.05) is 12.6 Å². The summed E-state index contributed by atoms with van der Waals surface area (Å²) in [6, 6.07) is 5.70. The fourth-order valence-corrected chi connectivity index (χ4v) is 1.22. The Hall–Kier alpha value is -1.62. The van der Waals surface area contributed by atoms with Crippen LogP contribution in [0.1, 0.15) is 6.42 Å². The van der Waals surface area contributed by atoms with Crippen LogP contribution in [0.2, 0.25) is 0 Å². The molecule has 0 heterocycles. The van der Waals surface area contributed by atoms with Gasteiger partial charge in [-0.1, -0.05) is 6.07 Å². The second kappa shape index (κ2) is 6.07. The quantitative estimate of drug-likeness (QED) is 0.767. The molecular formula is C11H14FNO3. The number of carbonyl (C=O) groups is 1. The molecule has 0 amide bonds. The maximum atomic E-state index is 12.8. The van der Waals surface area contributed by atoms with Crippen molar-refractivity contribution in [2.45, 2.75) is 6.42 Å². The predicted molar refractivity (Wildman–Crippen MR) is 56.7 cm³/mol. The zero-order valence-corrected chi connectivity index (χ0v) is 8.73. The summed E-state index contributed by atoms with van der Waals surface area (Å²) < 4.78 is 18.0. The van der Waals surface area contributed by atoms with Gasteiger partial charge >= 0.3 is 5.97 Å². The summed E-state index contributed by atoms with van der Waals surface area (Å²) in [4.78, 5) is 10.6. The van der Waals surface area contributed by atoms with Crippen molar-refractivity contribution in [2.24, 2.45) is 11.7 Å². The van der Waals surface area contributed by atoms with Crippen molar-refractivity contribution < 1.29 is 19.0 Å². The fourth-order valence-electron chi connectivity index (χ4n) is 1.22. The molecule has 1 atom stereocenters. The zero-order valence-electron chi connectivity index (χ0n) is 8.73. The summed E-state index contributed by atoms with van der Waals surface area (Å²) in [6.45, 7) is 0.277. The summed E-state index contributed by atoms with van der Waals surface area (Å²) in [5.41, 5.74) is 5.28. The first-order valence-corrected chi connectivity index (χ1v) is 4.94. The molecular weight excluding hydrogens is 213 g/mol. The first-order chi connectivity index (χ1) is 7.63. The number of halogens is 1. The minimum absolute atomic E-state index is 0.0713. The monoisotopic (exact) mass is 227 g/mol. The van der Waals surface area contributed by atoms with Crippen molar-refractivity contribution in [3.8, 4) is 5.75 Å². The smallest absolute Gasteiger partial charge is 0.307 e. The molecule has 0 aliphatic heterocycles. The lowest BCUT2D eigenvalue weighted by atomic mass is 10.1. The molecule has 1 aromatic carbocycles. The summed E-state index contributed by atoms with van der Waals surface area (Å²) >= 11 is 0. The van der Waals surface area contributed by atoms with Gasteiger partial charge in [0.15, 0.2) is 0 Å². The van der Waals surface area contributed by atoms with Crippen LogP contribution in [0.5, 0.6) is 5.75 Å². The van der Waals surface area contributed by atoms with E-state index < -0.39 is 11.9 Å². The molecule has 0 fully saturated rings. The van der Waals surface area contributed by atoms with Crippen molar-refractivity contribution in [2.75, 3.05) is 13.2 Å². The number of hydrogen-bond acceptors (Lipinski definition) is 3. The molecule has 0 aromatic heterocycles. The van der Waals surface area contributed by atoms with Crippen molar-refractivity contribution in [3.05, 3.63) is 30.1 Å². The van der Waals surface area contributed by atoms with Crippen molar-refractivity contribution >= 4 is 5.97 Å². The van der Waals surface area contributed by atoms with E-state index in [9.17, 15) is 9.18 Å². The van der Waals surface area contributed by atoms with E-state index in [-0.39, 0.29) is 19.0 Å². The normalized spacial score (nSPS) is 12.1. The van der Waals surface area contributed by atoms with Gasteiger partial charge < -0.3 is 15.6 Å². The fraction of sp³-hybridized carbons (Fsp3) is 0.364. The van der Waals surface area contributed by atoms with Crippen LogP contribution in [0.3, 0.4) is 0 Å². The molecule has 88 valence electrons. The van der Waals surface area contributed by atoms with Gasteiger partial charge in [-0.15, -0.1) is 0 Å². The lowest BCUT2D eigenvalue weighted by Crippen LogP contribution is -2.25. The summed E-state index contributed by atoms with van der Waals surface area (Å²) in [7, 11) is 0. The maximum absolute atomic E-state index is 12.8. The Morgan fingerprint density at radius 1 is 1.56 bits per heavy atom. The second-order valence-corrected chi connectivity index (χ2v) is 3.37. The number of aliphatic carboxylic acids is 1. The van der Waals surface area contributed by atoms with Gasteiger partial charge in [0.25, 0.3) is 0 Å². The van der Waals surface area contributed by atoms with Crippen LogP contribution >= 0.6 is 0 Å². The molecule has 0 aliphatic rings. The van der Waals surface area contributed by atoms with E-state index in [4.69, 9.17) is 15.6 Å². The van der Waals surface area contributed by atoms with Crippen LogP contribution in [0, 0.1) is 11.7 Å². The molecule has 0 aliphatic carbocycles. The molecule has 3 N–H and O–H groups in total. The first kappa shape index (κ1) is 12.4. The van der Waals surface area contributed by atoms with Gasteiger partial charge in [-0.25, -0.2) is 4.39 Å². The van der Waals surface area contributed by atoms with E-state index in [1.807, 2.05) is 0 Å². The molecule has 16 heavy (non-hydrogen) atoms. The van der Waals surface area contributed by atoms with Gasteiger partial charge in [-0.3, -0.25) is 4.79 Å². The minimum Gasteiger partial charge on any atom is -0.493 e. The van der Waals surface area contributed by atoms with E-state index >= 15 is 0 Å². The topological polar surface area (TPSA) is 72.5 Å². The average Bonchev–Trinajstić information content (AvgIpc) is 2.24. The Labute approximate surface area is 92.8 Å². The molecule has 5 heteroatoms. The molecule has 0 radical (unpaired) electrons. The molecule has 1 aromatic rings. The van der Waals surface area contributed by atoms with Crippen molar-refractivity contribution in [1.29, 1.82) is 0 Å². The van der Waals surface area contributed by atoms with Crippen LogP contribution < -0.4 is 10.5 Å². The highest BCUT2D eigenvalue weighted by molar-refractivity contribution is 5.70. The Balaban J connectivity index is 2.38. The van der Waals surface area contributed by atoms with E-state index in [0.29, 0.717) is 12.2 Å². The van der Waals surface area contributed by atoms with Crippen molar-refractivity contribution in [3.63, 3.8) is 0 Å². The first-order valence-electron chi connectivity index (χ1n) is 4.94. The Morgan fingerprint density at radius 3 is 2.88 bits per heavy atom. The van der Waals surface area contributed by atoms with Crippen LogP contribution in [0.4, 0.5) is 4.39 Å².